The van der Waals surface area contributed by atoms with Gasteiger partial charge in [-0.1, -0.05) is 13.0 Å². The molecule has 0 spiro atoms. The van der Waals surface area contributed by atoms with Crippen LogP contribution in [0.1, 0.15) is 26.7 Å². The lowest BCUT2D eigenvalue weighted by Crippen LogP contribution is -2.10. The number of carboxylic acids is 1. The SMILES string of the molecule is CC=C(CC(O)CC)C(=O)O. The normalized spacial score (nSPS) is 14.6. The lowest BCUT2D eigenvalue weighted by atomic mass is 10.1. The van der Waals surface area contributed by atoms with E-state index in [0.29, 0.717) is 6.42 Å². The number of allylic oxidation sites excluding steroid dienone is 1. The molecule has 0 aliphatic rings. The van der Waals surface area contributed by atoms with E-state index in [1.807, 2.05) is 6.92 Å². The average Bonchev–Trinajstić information content (AvgIpc) is 1.99. The average molecular weight is 158 g/mol. The molecule has 0 aliphatic carbocycles. The zero-order valence-electron chi connectivity index (χ0n) is 6.87. The van der Waals surface area contributed by atoms with Crippen LogP contribution in [0.15, 0.2) is 11.6 Å². The Morgan fingerprint density at radius 3 is 2.45 bits per heavy atom. The van der Waals surface area contributed by atoms with Gasteiger partial charge in [0.25, 0.3) is 0 Å². The number of rotatable bonds is 4. The van der Waals surface area contributed by atoms with Gasteiger partial charge in [-0.25, -0.2) is 4.79 Å². The molecule has 2 N–H and O–H groups in total. The number of aliphatic hydroxyl groups excluding tert-OH is 1. The van der Waals surface area contributed by atoms with E-state index < -0.39 is 12.1 Å². The number of hydrogen-bond acceptors (Lipinski definition) is 2. The molecule has 11 heavy (non-hydrogen) atoms. The minimum Gasteiger partial charge on any atom is -0.478 e. The Bertz CT molecular complexity index is 161. The van der Waals surface area contributed by atoms with Crippen molar-refractivity contribution in [3.05, 3.63) is 11.6 Å². The lowest BCUT2D eigenvalue weighted by Gasteiger charge is -2.06. The van der Waals surface area contributed by atoms with Crippen LogP contribution in [0.4, 0.5) is 0 Å². The van der Waals surface area contributed by atoms with E-state index in [2.05, 4.69) is 0 Å². The van der Waals surface area contributed by atoms with Gasteiger partial charge in [-0.3, -0.25) is 0 Å². The number of aliphatic carboxylic acids is 1. The van der Waals surface area contributed by atoms with Gasteiger partial charge in [-0.2, -0.15) is 0 Å². The van der Waals surface area contributed by atoms with E-state index in [1.54, 1.807) is 6.92 Å². The van der Waals surface area contributed by atoms with Gasteiger partial charge in [-0.05, 0) is 13.3 Å². The van der Waals surface area contributed by atoms with E-state index in [9.17, 15) is 4.79 Å². The molecule has 3 nitrogen and oxygen atoms in total. The maximum absolute atomic E-state index is 10.4. The number of hydrogen-bond donors (Lipinski definition) is 2. The smallest absolute Gasteiger partial charge is 0.331 e. The highest BCUT2D eigenvalue weighted by molar-refractivity contribution is 5.86. The molecule has 0 fully saturated rings. The molecular formula is C8H14O3. The van der Waals surface area contributed by atoms with Crippen LogP contribution in [0.25, 0.3) is 0 Å². The summed E-state index contributed by atoms with van der Waals surface area (Å²) in [5.41, 5.74) is 0.277. The molecular weight excluding hydrogens is 144 g/mol. The molecule has 0 heterocycles. The van der Waals surface area contributed by atoms with Crippen molar-refractivity contribution >= 4 is 5.97 Å². The maximum atomic E-state index is 10.4. The molecule has 0 aliphatic heterocycles. The van der Waals surface area contributed by atoms with Crippen LogP contribution in [-0.2, 0) is 4.79 Å². The molecule has 0 radical (unpaired) electrons. The predicted octanol–water partition coefficient (Wildman–Crippen LogP) is 1.18. The van der Waals surface area contributed by atoms with Crippen molar-refractivity contribution in [2.45, 2.75) is 32.8 Å². The van der Waals surface area contributed by atoms with Gasteiger partial charge in [0.15, 0.2) is 0 Å². The van der Waals surface area contributed by atoms with Crippen molar-refractivity contribution < 1.29 is 15.0 Å². The van der Waals surface area contributed by atoms with Crippen LogP contribution in [-0.4, -0.2) is 22.3 Å². The maximum Gasteiger partial charge on any atom is 0.331 e. The third kappa shape index (κ3) is 3.78. The summed E-state index contributed by atoms with van der Waals surface area (Å²) in [6.45, 7) is 3.48. The fourth-order valence-electron chi connectivity index (χ4n) is 0.727. The minimum absolute atomic E-state index is 0.238. The van der Waals surface area contributed by atoms with Crippen LogP contribution in [0, 0.1) is 0 Å². The summed E-state index contributed by atoms with van der Waals surface area (Å²) < 4.78 is 0. The van der Waals surface area contributed by atoms with Gasteiger partial charge in [0.1, 0.15) is 0 Å². The summed E-state index contributed by atoms with van der Waals surface area (Å²) >= 11 is 0. The Morgan fingerprint density at radius 1 is 1.64 bits per heavy atom. The number of carbonyl (C=O) groups is 1. The Kier molecular flexibility index (Phi) is 4.54. The van der Waals surface area contributed by atoms with Crippen LogP contribution in [0.2, 0.25) is 0 Å². The molecule has 1 unspecified atom stereocenters. The van der Waals surface area contributed by atoms with E-state index in [0.717, 1.165) is 0 Å². The molecule has 0 aromatic heterocycles. The Balaban J connectivity index is 4.00. The molecule has 0 aromatic carbocycles. The van der Waals surface area contributed by atoms with Crippen molar-refractivity contribution in [2.75, 3.05) is 0 Å². The zero-order chi connectivity index (χ0) is 8.85. The summed E-state index contributed by atoms with van der Waals surface area (Å²) in [7, 11) is 0. The fraction of sp³-hybridized carbons (Fsp3) is 0.625. The molecule has 0 saturated carbocycles. The second-order valence-corrected chi connectivity index (χ2v) is 2.39. The molecule has 0 amide bonds. The first-order valence-electron chi connectivity index (χ1n) is 3.68. The highest BCUT2D eigenvalue weighted by atomic mass is 16.4. The second kappa shape index (κ2) is 4.91. The molecule has 64 valence electrons. The van der Waals surface area contributed by atoms with Gasteiger partial charge in [0.05, 0.1) is 6.10 Å². The monoisotopic (exact) mass is 158 g/mol. The molecule has 0 saturated heterocycles. The summed E-state index contributed by atoms with van der Waals surface area (Å²) in [6, 6.07) is 0. The molecule has 0 bridgehead atoms. The first-order valence-corrected chi connectivity index (χ1v) is 3.68. The van der Waals surface area contributed by atoms with Crippen molar-refractivity contribution in [3.63, 3.8) is 0 Å². The van der Waals surface area contributed by atoms with Crippen LogP contribution in [0.3, 0.4) is 0 Å². The van der Waals surface area contributed by atoms with Gasteiger partial charge in [-0.15, -0.1) is 0 Å². The summed E-state index contributed by atoms with van der Waals surface area (Å²) in [4.78, 5) is 10.4. The van der Waals surface area contributed by atoms with Gasteiger partial charge >= 0.3 is 5.97 Å². The third-order valence-electron chi connectivity index (χ3n) is 1.55. The van der Waals surface area contributed by atoms with Crippen molar-refractivity contribution in [3.8, 4) is 0 Å². The Labute approximate surface area is 66.4 Å². The first-order chi connectivity index (χ1) is 5.11. The van der Waals surface area contributed by atoms with Gasteiger partial charge in [0.2, 0.25) is 0 Å². The van der Waals surface area contributed by atoms with E-state index in [-0.39, 0.29) is 12.0 Å². The van der Waals surface area contributed by atoms with Crippen molar-refractivity contribution in [1.82, 2.24) is 0 Å². The third-order valence-corrected chi connectivity index (χ3v) is 1.55. The van der Waals surface area contributed by atoms with Crippen molar-refractivity contribution in [2.24, 2.45) is 0 Å². The Hall–Kier alpha value is -0.830. The topological polar surface area (TPSA) is 57.5 Å². The quantitative estimate of drug-likeness (QED) is 0.604. The van der Waals surface area contributed by atoms with Crippen LogP contribution >= 0.6 is 0 Å². The van der Waals surface area contributed by atoms with E-state index in [1.165, 1.54) is 6.08 Å². The predicted molar refractivity (Wildman–Crippen MR) is 42.3 cm³/mol. The number of carboxylic acid groups (broad SMARTS) is 1. The van der Waals surface area contributed by atoms with Gasteiger partial charge < -0.3 is 10.2 Å². The highest BCUT2D eigenvalue weighted by Gasteiger charge is 2.10. The summed E-state index contributed by atoms with van der Waals surface area (Å²) in [6.07, 6.45) is 1.81. The largest absolute Gasteiger partial charge is 0.478 e. The summed E-state index contributed by atoms with van der Waals surface area (Å²) in [5.74, 6) is -0.944. The standard InChI is InChI=1S/C8H14O3/c1-3-6(8(10)11)5-7(9)4-2/h3,7,9H,4-5H2,1-2H3,(H,10,11). The van der Waals surface area contributed by atoms with Crippen molar-refractivity contribution in [1.29, 1.82) is 0 Å². The lowest BCUT2D eigenvalue weighted by molar-refractivity contribution is -0.133. The molecule has 0 rings (SSSR count). The highest BCUT2D eigenvalue weighted by Crippen LogP contribution is 2.07. The van der Waals surface area contributed by atoms with Crippen LogP contribution < -0.4 is 0 Å². The van der Waals surface area contributed by atoms with E-state index >= 15 is 0 Å². The van der Waals surface area contributed by atoms with Gasteiger partial charge in [0, 0.05) is 12.0 Å². The van der Waals surface area contributed by atoms with Crippen LogP contribution in [0.5, 0.6) is 0 Å². The Morgan fingerprint density at radius 2 is 2.18 bits per heavy atom. The molecule has 3 heteroatoms. The molecule has 0 aromatic rings. The first kappa shape index (κ1) is 10.2. The summed E-state index contributed by atoms with van der Waals surface area (Å²) in [5, 5.41) is 17.6. The zero-order valence-corrected chi connectivity index (χ0v) is 6.87. The second-order valence-electron chi connectivity index (χ2n) is 2.39. The minimum atomic E-state index is -0.944. The van der Waals surface area contributed by atoms with E-state index in [4.69, 9.17) is 10.2 Å². The number of aliphatic hydroxyl groups is 1. The fourth-order valence-corrected chi connectivity index (χ4v) is 0.727. The molecule has 1 atom stereocenters.